The Kier molecular flexibility index (Phi) is 4.38. The number of aromatic nitrogens is 2. The number of amides is 2. The minimum atomic E-state index is -0.233. The molecule has 2 heterocycles. The van der Waals surface area contributed by atoms with Crippen LogP contribution in [0.1, 0.15) is 48.9 Å². The predicted octanol–water partition coefficient (Wildman–Crippen LogP) is 2.91. The molecule has 2 amide bonds. The van der Waals surface area contributed by atoms with Gasteiger partial charge in [0, 0.05) is 30.0 Å². The molecule has 3 rings (SSSR count). The summed E-state index contributed by atoms with van der Waals surface area (Å²) >= 11 is 0. The molecule has 6 nitrogen and oxygen atoms in total. The maximum absolute atomic E-state index is 12.3. The third-order valence-corrected chi connectivity index (χ3v) is 4.28. The van der Waals surface area contributed by atoms with E-state index in [0.717, 1.165) is 41.9 Å². The smallest absolute Gasteiger partial charge is 0.276 e. The van der Waals surface area contributed by atoms with Crippen LogP contribution in [0.15, 0.2) is 24.3 Å². The second kappa shape index (κ2) is 6.47. The van der Waals surface area contributed by atoms with Crippen LogP contribution in [0.3, 0.4) is 0 Å². The first-order chi connectivity index (χ1) is 11.5. The molecule has 0 fully saturated rings. The minimum absolute atomic E-state index is 0.0398. The number of hydrogen-bond donors (Lipinski definition) is 2. The van der Waals surface area contributed by atoms with Gasteiger partial charge >= 0.3 is 0 Å². The molecule has 0 spiro atoms. The van der Waals surface area contributed by atoms with Gasteiger partial charge in [-0.15, -0.1) is 0 Å². The van der Waals surface area contributed by atoms with E-state index < -0.39 is 0 Å². The zero-order chi connectivity index (χ0) is 17.3. The van der Waals surface area contributed by atoms with E-state index in [9.17, 15) is 9.59 Å². The molecule has 0 bridgehead atoms. The molecular formula is C18H22N4O2. The summed E-state index contributed by atoms with van der Waals surface area (Å²) in [6.45, 7) is 5.68. The van der Waals surface area contributed by atoms with Crippen molar-refractivity contribution in [1.29, 1.82) is 0 Å². The summed E-state index contributed by atoms with van der Waals surface area (Å²) in [6.07, 6.45) is 2.67. The van der Waals surface area contributed by atoms with Crippen LogP contribution in [0, 0.1) is 0 Å². The summed E-state index contributed by atoms with van der Waals surface area (Å²) < 4.78 is 0. The number of rotatable bonds is 4. The number of H-pyrrole nitrogens is 1. The molecule has 0 unspecified atom stereocenters. The number of nitrogens with one attached hydrogen (secondary N) is 2. The zero-order valence-electron chi connectivity index (χ0n) is 14.2. The molecule has 1 atom stereocenters. The van der Waals surface area contributed by atoms with Crippen LogP contribution in [-0.4, -0.2) is 28.1 Å². The monoisotopic (exact) mass is 326 g/mol. The number of benzene rings is 1. The average molecular weight is 326 g/mol. The van der Waals surface area contributed by atoms with Gasteiger partial charge in [0.15, 0.2) is 5.69 Å². The lowest BCUT2D eigenvalue weighted by Crippen LogP contribution is -2.33. The summed E-state index contributed by atoms with van der Waals surface area (Å²) in [5.41, 5.74) is 4.07. The normalized spacial score (nSPS) is 16.1. The molecule has 126 valence electrons. The lowest BCUT2D eigenvalue weighted by atomic mass is 10.1. The fourth-order valence-electron chi connectivity index (χ4n) is 3.26. The number of carbonyl (C=O) groups excluding carboxylic acids is 2. The number of carbonyl (C=O) groups is 2. The number of hydrogen-bond acceptors (Lipinski definition) is 3. The quantitative estimate of drug-likeness (QED) is 0.907. The maximum atomic E-state index is 12.3. The van der Waals surface area contributed by atoms with Gasteiger partial charge in [-0.05, 0) is 49.6 Å². The number of aryl methyl sites for hydroxylation is 1. The van der Waals surface area contributed by atoms with Crippen molar-refractivity contribution in [2.24, 2.45) is 0 Å². The number of anilines is 2. The molecule has 0 saturated carbocycles. The lowest BCUT2D eigenvalue weighted by molar-refractivity contribution is -0.116. The third-order valence-electron chi connectivity index (χ3n) is 4.28. The molecule has 0 aliphatic carbocycles. The van der Waals surface area contributed by atoms with E-state index in [1.54, 1.807) is 17.9 Å². The van der Waals surface area contributed by atoms with Crippen molar-refractivity contribution < 1.29 is 9.59 Å². The largest absolute Gasteiger partial charge is 0.321 e. The van der Waals surface area contributed by atoms with Crippen LogP contribution in [0.5, 0.6) is 0 Å². The Morgan fingerprint density at radius 3 is 2.88 bits per heavy atom. The van der Waals surface area contributed by atoms with Crippen molar-refractivity contribution in [1.82, 2.24) is 10.2 Å². The van der Waals surface area contributed by atoms with Gasteiger partial charge in [0.25, 0.3) is 5.91 Å². The van der Waals surface area contributed by atoms with E-state index in [1.165, 1.54) is 0 Å². The summed E-state index contributed by atoms with van der Waals surface area (Å²) in [4.78, 5) is 25.9. The first-order valence-corrected chi connectivity index (χ1v) is 8.28. The highest BCUT2D eigenvalue weighted by atomic mass is 16.2. The van der Waals surface area contributed by atoms with Gasteiger partial charge in [-0.25, -0.2) is 0 Å². The van der Waals surface area contributed by atoms with Crippen molar-refractivity contribution in [2.75, 3.05) is 10.2 Å². The van der Waals surface area contributed by atoms with Crippen LogP contribution >= 0.6 is 0 Å². The SMILES string of the molecule is CCCc1cc(C(=O)Nc2ccc3c(c2)C[C@H](C)N3C(C)=O)n[nH]1. The minimum Gasteiger partial charge on any atom is -0.321 e. The lowest BCUT2D eigenvalue weighted by Gasteiger charge is -2.20. The van der Waals surface area contributed by atoms with E-state index >= 15 is 0 Å². The van der Waals surface area contributed by atoms with Crippen molar-refractivity contribution >= 4 is 23.2 Å². The van der Waals surface area contributed by atoms with Gasteiger partial charge in [0.2, 0.25) is 5.91 Å². The second-order valence-corrected chi connectivity index (χ2v) is 6.27. The topological polar surface area (TPSA) is 78.1 Å². The first kappa shape index (κ1) is 16.2. The average Bonchev–Trinajstić information content (AvgIpc) is 3.10. The Morgan fingerprint density at radius 2 is 2.17 bits per heavy atom. The predicted molar refractivity (Wildman–Crippen MR) is 93.3 cm³/mol. The van der Waals surface area contributed by atoms with E-state index in [1.807, 2.05) is 25.1 Å². The Hall–Kier alpha value is -2.63. The molecule has 1 aliphatic rings. The van der Waals surface area contributed by atoms with Crippen molar-refractivity contribution in [3.63, 3.8) is 0 Å². The van der Waals surface area contributed by atoms with Crippen LogP contribution < -0.4 is 10.2 Å². The molecule has 1 aromatic heterocycles. The Labute approximate surface area is 141 Å². The molecule has 0 radical (unpaired) electrons. The molecule has 6 heteroatoms. The molecule has 1 aromatic carbocycles. The molecule has 24 heavy (non-hydrogen) atoms. The molecule has 1 aliphatic heterocycles. The molecule has 2 aromatic rings. The number of fused-ring (bicyclic) bond motifs is 1. The standard InChI is InChI=1S/C18H22N4O2/c1-4-5-15-10-16(21-20-15)18(24)19-14-6-7-17-13(9-14)8-11(2)22(17)12(3)23/h6-7,9-11H,4-5,8H2,1-3H3,(H,19,24)(H,20,21)/t11-/m0/s1. The van der Waals surface area contributed by atoms with E-state index in [4.69, 9.17) is 0 Å². The molecule has 0 saturated heterocycles. The third kappa shape index (κ3) is 3.04. The zero-order valence-corrected chi connectivity index (χ0v) is 14.2. The molecule has 2 N–H and O–H groups in total. The van der Waals surface area contributed by atoms with Crippen LogP contribution in [0.2, 0.25) is 0 Å². The highest BCUT2D eigenvalue weighted by molar-refractivity contribution is 6.03. The van der Waals surface area contributed by atoms with Crippen LogP contribution in [0.4, 0.5) is 11.4 Å². The summed E-state index contributed by atoms with van der Waals surface area (Å²) in [5.74, 6) is -0.193. The van der Waals surface area contributed by atoms with Crippen LogP contribution in [0.25, 0.3) is 0 Å². The molecular weight excluding hydrogens is 304 g/mol. The van der Waals surface area contributed by atoms with Gasteiger partial charge in [0.1, 0.15) is 0 Å². The van der Waals surface area contributed by atoms with Gasteiger partial charge in [-0.1, -0.05) is 13.3 Å². The van der Waals surface area contributed by atoms with Gasteiger partial charge in [0.05, 0.1) is 0 Å². The highest BCUT2D eigenvalue weighted by Gasteiger charge is 2.29. The number of nitrogens with zero attached hydrogens (tertiary/aromatic N) is 2. The summed E-state index contributed by atoms with van der Waals surface area (Å²) in [5, 5.41) is 9.82. The summed E-state index contributed by atoms with van der Waals surface area (Å²) in [7, 11) is 0. The van der Waals surface area contributed by atoms with E-state index in [2.05, 4.69) is 22.4 Å². The maximum Gasteiger partial charge on any atom is 0.276 e. The fraction of sp³-hybridized carbons (Fsp3) is 0.389. The van der Waals surface area contributed by atoms with Crippen LogP contribution in [-0.2, 0) is 17.6 Å². The van der Waals surface area contributed by atoms with E-state index in [0.29, 0.717) is 5.69 Å². The van der Waals surface area contributed by atoms with Gasteiger partial charge < -0.3 is 10.2 Å². The van der Waals surface area contributed by atoms with E-state index in [-0.39, 0.29) is 17.9 Å². The van der Waals surface area contributed by atoms with Gasteiger partial charge in [-0.2, -0.15) is 5.10 Å². The first-order valence-electron chi connectivity index (χ1n) is 8.28. The Morgan fingerprint density at radius 1 is 1.38 bits per heavy atom. The van der Waals surface area contributed by atoms with Gasteiger partial charge in [-0.3, -0.25) is 14.7 Å². The Balaban J connectivity index is 1.76. The summed E-state index contributed by atoms with van der Waals surface area (Å²) in [6, 6.07) is 7.58. The van der Waals surface area contributed by atoms with Crippen molar-refractivity contribution in [3.05, 3.63) is 41.2 Å². The second-order valence-electron chi connectivity index (χ2n) is 6.27. The fourth-order valence-corrected chi connectivity index (χ4v) is 3.26. The van der Waals surface area contributed by atoms with Crippen molar-refractivity contribution in [3.8, 4) is 0 Å². The highest BCUT2D eigenvalue weighted by Crippen LogP contribution is 2.34. The van der Waals surface area contributed by atoms with Crippen molar-refractivity contribution in [2.45, 2.75) is 46.1 Å². The Bertz CT molecular complexity index is 781. The number of aromatic amines is 1.